The van der Waals surface area contributed by atoms with Gasteiger partial charge in [0.1, 0.15) is 0 Å². The summed E-state index contributed by atoms with van der Waals surface area (Å²) in [7, 11) is 0. The van der Waals surface area contributed by atoms with Gasteiger partial charge in [0.2, 0.25) is 5.91 Å². The summed E-state index contributed by atoms with van der Waals surface area (Å²) >= 11 is 0. The van der Waals surface area contributed by atoms with Crippen molar-refractivity contribution in [1.82, 2.24) is 15.1 Å². The van der Waals surface area contributed by atoms with E-state index < -0.39 is 0 Å². The van der Waals surface area contributed by atoms with E-state index in [1.54, 1.807) is 0 Å². The Bertz CT molecular complexity index is 335. The third-order valence-corrected chi connectivity index (χ3v) is 4.98. The quantitative estimate of drug-likeness (QED) is 0.804. The van der Waals surface area contributed by atoms with Gasteiger partial charge in [0.15, 0.2) is 0 Å². The van der Waals surface area contributed by atoms with E-state index in [4.69, 9.17) is 4.74 Å². The molecule has 128 valence electrons. The summed E-state index contributed by atoms with van der Waals surface area (Å²) in [6, 6.07) is 1.17. The first-order chi connectivity index (χ1) is 10.6. The Morgan fingerprint density at radius 2 is 1.82 bits per heavy atom. The highest BCUT2D eigenvalue weighted by molar-refractivity contribution is 5.78. The van der Waals surface area contributed by atoms with Crippen LogP contribution in [0.5, 0.6) is 0 Å². The van der Waals surface area contributed by atoms with E-state index in [9.17, 15) is 4.79 Å². The van der Waals surface area contributed by atoms with Gasteiger partial charge in [0, 0.05) is 50.7 Å². The zero-order chi connectivity index (χ0) is 15.9. The molecule has 0 aliphatic carbocycles. The second-order valence-electron chi connectivity index (χ2n) is 6.87. The molecule has 0 aromatic carbocycles. The number of amides is 1. The lowest BCUT2D eigenvalue weighted by Crippen LogP contribution is -2.51. The molecule has 22 heavy (non-hydrogen) atoms. The molecule has 2 heterocycles. The number of nitrogens with one attached hydrogen (secondary N) is 1. The van der Waals surface area contributed by atoms with Gasteiger partial charge in [-0.25, -0.2) is 0 Å². The molecule has 0 spiro atoms. The van der Waals surface area contributed by atoms with Crippen LogP contribution in [0.3, 0.4) is 0 Å². The normalized spacial score (nSPS) is 23.0. The van der Waals surface area contributed by atoms with Crippen molar-refractivity contribution < 1.29 is 9.53 Å². The van der Waals surface area contributed by atoms with E-state index in [1.165, 1.54) is 6.42 Å². The fourth-order valence-electron chi connectivity index (χ4n) is 3.45. The van der Waals surface area contributed by atoms with Crippen molar-refractivity contribution in [2.45, 2.75) is 52.1 Å². The van der Waals surface area contributed by atoms with Gasteiger partial charge in [-0.05, 0) is 19.3 Å². The molecule has 5 heteroatoms. The average molecular weight is 311 g/mol. The molecule has 0 aromatic rings. The minimum atomic E-state index is 0.121. The highest BCUT2D eigenvalue weighted by Crippen LogP contribution is 2.14. The van der Waals surface area contributed by atoms with E-state index in [1.807, 2.05) is 18.7 Å². The minimum absolute atomic E-state index is 0.121. The lowest BCUT2D eigenvalue weighted by Gasteiger charge is -2.37. The Hall–Kier alpha value is -0.650. The van der Waals surface area contributed by atoms with E-state index in [-0.39, 0.29) is 5.92 Å². The second-order valence-corrected chi connectivity index (χ2v) is 6.87. The van der Waals surface area contributed by atoms with Crippen molar-refractivity contribution in [3.8, 4) is 0 Å². The van der Waals surface area contributed by atoms with Gasteiger partial charge in [-0.15, -0.1) is 0 Å². The number of likely N-dealkylation sites (tertiary alicyclic amines) is 1. The molecule has 5 nitrogen and oxygen atoms in total. The molecular weight excluding hydrogens is 278 g/mol. The van der Waals surface area contributed by atoms with Gasteiger partial charge < -0.3 is 15.0 Å². The van der Waals surface area contributed by atoms with Crippen molar-refractivity contribution in [3.63, 3.8) is 0 Å². The highest BCUT2D eigenvalue weighted by Gasteiger charge is 2.25. The number of carbonyl (C=O) groups is 1. The van der Waals surface area contributed by atoms with Crippen LogP contribution in [0.15, 0.2) is 0 Å². The van der Waals surface area contributed by atoms with Crippen LogP contribution in [0.2, 0.25) is 0 Å². The molecule has 1 N–H and O–H groups in total. The fraction of sp³-hybridized carbons (Fsp3) is 0.941. The molecule has 1 atom stereocenters. The molecular formula is C17H33N3O2. The van der Waals surface area contributed by atoms with Crippen LogP contribution < -0.4 is 5.32 Å². The lowest BCUT2D eigenvalue weighted by molar-refractivity contribution is -0.135. The SMILES string of the molecule is CCC(CNC1CCN(C(=O)C(C)C)CC1)N1CCOCC1. The summed E-state index contributed by atoms with van der Waals surface area (Å²) < 4.78 is 5.44. The predicted molar refractivity (Wildman–Crippen MR) is 88.9 cm³/mol. The highest BCUT2D eigenvalue weighted by atomic mass is 16.5. The molecule has 2 aliphatic rings. The summed E-state index contributed by atoms with van der Waals surface area (Å²) in [5.74, 6) is 0.425. The smallest absolute Gasteiger partial charge is 0.225 e. The maximum Gasteiger partial charge on any atom is 0.225 e. The molecule has 0 bridgehead atoms. The first-order valence-electron chi connectivity index (χ1n) is 8.95. The summed E-state index contributed by atoms with van der Waals surface area (Å²) in [4.78, 5) is 16.6. The topological polar surface area (TPSA) is 44.8 Å². The van der Waals surface area contributed by atoms with Gasteiger partial charge in [-0.3, -0.25) is 9.69 Å². The van der Waals surface area contributed by atoms with Crippen LogP contribution in [0.4, 0.5) is 0 Å². The van der Waals surface area contributed by atoms with Crippen LogP contribution in [-0.4, -0.2) is 73.7 Å². The number of hydrogen-bond acceptors (Lipinski definition) is 4. The maximum absolute atomic E-state index is 12.0. The Morgan fingerprint density at radius 3 is 2.36 bits per heavy atom. The number of carbonyl (C=O) groups excluding carboxylic acids is 1. The second kappa shape index (κ2) is 8.85. The standard InChI is InChI=1S/C17H33N3O2/c1-4-16(19-9-11-22-12-10-19)13-18-15-5-7-20(8-6-15)17(21)14(2)3/h14-16,18H,4-13H2,1-3H3. The summed E-state index contributed by atoms with van der Waals surface area (Å²) in [6.45, 7) is 13.0. The maximum atomic E-state index is 12.0. The van der Waals surface area contributed by atoms with Crippen molar-refractivity contribution in [2.24, 2.45) is 5.92 Å². The molecule has 2 saturated heterocycles. The third-order valence-electron chi connectivity index (χ3n) is 4.98. The zero-order valence-electron chi connectivity index (χ0n) is 14.5. The third kappa shape index (κ3) is 4.93. The first-order valence-corrected chi connectivity index (χ1v) is 8.95. The molecule has 2 rings (SSSR count). The first kappa shape index (κ1) is 17.7. The number of hydrogen-bond donors (Lipinski definition) is 1. The number of piperidine rings is 1. The summed E-state index contributed by atoms with van der Waals surface area (Å²) in [5.41, 5.74) is 0. The van der Waals surface area contributed by atoms with Crippen molar-refractivity contribution in [1.29, 1.82) is 0 Å². The van der Waals surface area contributed by atoms with E-state index in [0.717, 1.165) is 58.8 Å². The summed E-state index contributed by atoms with van der Waals surface area (Å²) in [5, 5.41) is 3.74. The molecule has 0 aromatic heterocycles. The van der Waals surface area contributed by atoms with Crippen LogP contribution >= 0.6 is 0 Å². The molecule has 1 amide bonds. The van der Waals surface area contributed by atoms with Crippen molar-refractivity contribution >= 4 is 5.91 Å². The van der Waals surface area contributed by atoms with Gasteiger partial charge in [0.05, 0.1) is 13.2 Å². The lowest BCUT2D eigenvalue weighted by atomic mass is 10.0. The minimum Gasteiger partial charge on any atom is -0.379 e. The van der Waals surface area contributed by atoms with Gasteiger partial charge in [0.25, 0.3) is 0 Å². The Kier molecular flexibility index (Phi) is 7.12. The van der Waals surface area contributed by atoms with E-state index >= 15 is 0 Å². The molecule has 1 unspecified atom stereocenters. The summed E-state index contributed by atoms with van der Waals surface area (Å²) in [6.07, 6.45) is 3.34. The number of morpholine rings is 1. The van der Waals surface area contributed by atoms with Crippen LogP contribution in [-0.2, 0) is 9.53 Å². The van der Waals surface area contributed by atoms with Crippen molar-refractivity contribution in [3.05, 3.63) is 0 Å². The zero-order valence-corrected chi connectivity index (χ0v) is 14.5. The molecule has 0 radical (unpaired) electrons. The molecule has 2 aliphatic heterocycles. The van der Waals surface area contributed by atoms with Gasteiger partial charge in [-0.1, -0.05) is 20.8 Å². The van der Waals surface area contributed by atoms with Crippen LogP contribution in [0.25, 0.3) is 0 Å². The van der Waals surface area contributed by atoms with Crippen LogP contribution in [0.1, 0.15) is 40.0 Å². The Balaban J connectivity index is 1.70. The Morgan fingerprint density at radius 1 is 1.18 bits per heavy atom. The number of rotatable bonds is 6. The number of nitrogens with zero attached hydrogens (tertiary/aromatic N) is 2. The molecule has 2 fully saturated rings. The fourth-order valence-corrected chi connectivity index (χ4v) is 3.45. The predicted octanol–water partition coefficient (Wildman–Crippen LogP) is 1.33. The van der Waals surface area contributed by atoms with Crippen molar-refractivity contribution in [2.75, 3.05) is 45.9 Å². The van der Waals surface area contributed by atoms with Gasteiger partial charge in [-0.2, -0.15) is 0 Å². The monoisotopic (exact) mass is 311 g/mol. The van der Waals surface area contributed by atoms with Crippen LogP contribution in [0, 0.1) is 5.92 Å². The van der Waals surface area contributed by atoms with Gasteiger partial charge >= 0.3 is 0 Å². The average Bonchev–Trinajstić information content (AvgIpc) is 2.56. The largest absolute Gasteiger partial charge is 0.379 e. The van der Waals surface area contributed by atoms with E-state index in [2.05, 4.69) is 17.1 Å². The Labute approximate surface area is 135 Å². The van der Waals surface area contributed by atoms with E-state index in [0.29, 0.717) is 18.0 Å². The molecule has 0 saturated carbocycles. The number of ether oxygens (including phenoxy) is 1.